The van der Waals surface area contributed by atoms with Gasteiger partial charge < -0.3 is 4.74 Å². The SMILES string of the molecule is O=C(COc1ccccc1)c1c(F)cc(Br)cc1F. The summed E-state index contributed by atoms with van der Waals surface area (Å²) in [6, 6.07) is 10.7. The van der Waals surface area contributed by atoms with Crippen molar-refractivity contribution in [3.05, 3.63) is 64.1 Å². The molecular weight excluding hydrogens is 318 g/mol. The summed E-state index contributed by atoms with van der Waals surface area (Å²) in [6.07, 6.45) is 0. The third-order valence-electron chi connectivity index (χ3n) is 2.40. The molecule has 0 bridgehead atoms. The van der Waals surface area contributed by atoms with Crippen LogP contribution in [-0.2, 0) is 0 Å². The van der Waals surface area contributed by atoms with Gasteiger partial charge in [-0.15, -0.1) is 0 Å². The second-order valence-corrected chi connectivity index (χ2v) is 4.69. The average molecular weight is 327 g/mol. The molecule has 2 aromatic rings. The summed E-state index contributed by atoms with van der Waals surface area (Å²) in [5.74, 6) is -2.10. The van der Waals surface area contributed by atoms with Crippen LogP contribution >= 0.6 is 15.9 Å². The zero-order chi connectivity index (χ0) is 13.8. The van der Waals surface area contributed by atoms with Gasteiger partial charge in [-0.3, -0.25) is 4.79 Å². The smallest absolute Gasteiger partial charge is 0.206 e. The number of halogens is 3. The van der Waals surface area contributed by atoms with Crippen molar-refractivity contribution in [1.29, 1.82) is 0 Å². The Bertz CT molecular complexity index is 577. The van der Waals surface area contributed by atoms with Crippen LogP contribution in [0.5, 0.6) is 5.75 Å². The highest BCUT2D eigenvalue weighted by Crippen LogP contribution is 2.20. The molecule has 0 radical (unpaired) electrons. The summed E-state index contributed by atoms with van der Waals surface area (Å²) in [5.41, 5.74) is -0.584. The number of ketones is 1. The third kappa shape index (κ3) is 3.38. The fourth-order valence-corrected chi connectivity index (χ4v) is 1.95. The molecule has 0 unspecified atom stereocenters. The first-order chi connectivity index (χ1) is 9.08. The van der Waals surface area contributed by atoms with Crippen molar-refractivity contribution in [1.82, 2.24) is 0 Å². The molecule has 0 saturated heterocycles. The molecule has 0 saturated carbocycles. The molecule has 0 aliphatic heterocycles. The van der Waals surface area contributed by atoms with Crippen LogP contribution in [0.15, 0.2) is 46.9 Å². The van der Waals surface area contributed by atoms with Crippen molar-refractivity contribution in [2.24, 2.45) is 0 Å². The molecule has 0 aromatic heterocycles. The quantitative estimate of drug-likeness (QED) is 0.794. The van der Waals surface area contributed by atoms with Crippen molar-refractivity contribution in [3.8, 4) is 5.75 Å². The van der Waals surface area contributed by atoms with Gasteiger partial charge in [0, 0.05) is 4.47 Å². The summed E-state index contributed by atoms with van der Waals surface area (Å²) in [5, 5.41) is 0. The lowest BCUT2D eigenvalue weighted by Gasteiger charge is -2.07. The van der Waals surface area contributed by atoms with E-state index in [9.17, 15) is 13.6 Å². The van der Waals surface area contributed by atoms with E-state index < -0.39 is 29.6 Å². The zero-order valence-corrected chi connectivity index (χ0v) is 11.3. The monoisotopic (exact) mass is 326 g/mol. The minimum atomic E-state index is -0.909. The van der Waals surface area contributed by atoms with E-state index in [4.69, 9.17) is 4.74 Å². The van der Waals surface area contributed by atoms with Gasteiger partial charge in [0.25, 0.3) is 0 Å². The lowest BCUT2D eigenvalue weighted by Crippen LogP contribution is -2.15. The van der Waals surface area contributed by atoms with Gasteiger partial charge in [0.15, 0.2) is 6.61 Å². The van der Waals surface area contributed by atoms with Crippen LogP contribution in [0.4, 0.5) is 8.78 Å². The van der Waals surface area contributed by atoms with Crippen molar-refractivity contribution in [2.45, 2.75) is 0 Å². The highest BCUT2D eigenvalue weighted by molar-refractivity contribution is 9.10. The Morgan fingerprint density at radius 2 is 1.68 bits per heavy atom. The van der Waals surface area contributed by atoms with E-state index in [0.717, 1.165) is 12.1 Å². The zero-order valence-electron chi connectivity index (χ0n) is 9.70. The molecule has 0 aliphatic carbocycles. The number of Topliss-reactive ketones (excluding diaryl/α,β-unsaturated/α-hetero) is 1. The molecule has 19 heavy (non-hydrogen) atoms. The maximum Gasteiger partial charge on any atom is 0.206 e. The summed E-state index contributed by atoms with van der Waals surface area (Å²) in [4.78, 5) is 11.8. The predicted molar refractivity (Wildman–Crippen MR) is 70.3 cm³/mol. The van der Waals surface area contributed by atoms with Gasteiger partial charge in [0.2, 0.25) is 5.78 Å². The van der Waals surface area contributed by atoms with Crippen LogP contribution in [0.3, 0.4) is 0 Å². The van der Waals surface area contributed by atoms with E-state index in [2.05, 4.69) is 15.9 Å². The Morgan fingerprint density at radius 1 is 1.11 bits per heavy atom. The summed E-state index contributed by atoms with van der Waals surface area (Å²) >= 11 is 2.95. The highest BCUT2D eigenvalue weighted by atomic mass is 79.9. The molecular formula is C14H9BrF2O2. The number of hydrogen-bond acceptors (Lipinski definition) is 2. The first-order valence-electron chi connectivity index (χ1n) is 5.43. The maximum absolute atomic E-state index is 13.5. The second kappa shape index (κ2) is 5.93. The van der Waals surface area contributed by atoms with E-state index in [-0.39, 0.29) is 4.47 Å². The van der Waals surface area contributed by atoms with Crippen molar-refractivity contribution >= 4 is 21.7 Å². The minimum Gasteiger partial charge on any atom is -0.485 e. The van der Waals surface area contributed by atoms with Gasteiger partial charge >= 0.3 is 0 Å². The van der Waals surface area contributed by atoms with Crippen molar-refractivity contribution in [2.75, 3.05) is 6.61 Å². The fourth-order valence-electron chi connectivity index (χ4n) is 1.55. The third-order valence-corrected chi connectivity index (χ3v) is 2.86. The molecule has 0 aliphatic rings. The number of carbonyl (C=O) groups excluding carboxylic acids is 1. The lowest BCUT2D eigenvalue weighted by atomic mass is 10.1. The van der Waals surface area contributed by atoms with Gasteiger partial charge in [-0.1, -0.05) is 34.1 Å². The van der Waals surface area contributed by atoms with E-state index in [0.29, 0.717) is 5.75 Å². The lowest BCUT2D eigenvalue weighted by molar-refractivity contribution is 0.0913. The van der Waals surface area contributed by atoms with Gasteiger partial charge in [-0.2, -0.15) is 0 Å². The van der Waals surface area contributed by atoms with Gasteiger partial charge in [0.05, 0.1) is 5.56 Å². The molecule has 2 nitrogen and oxygen atoms in total. The molecule has 0 heterocycles. The number of hydrogen-bond donors (Lipinski definition) is 0. The maximum atomic E-state index is 13.5. The van der Waals surface area contributed by atoms with Crippen LogP contribution < -0.4 is 4.74 Å². The van der Waals surface area contributed by atoms with Gasteiger partial charge in [-0.25, -0.2) is 8.78 Å². The van der Waals surface area contributed by atoms with Gasteiger partial charge in [0.1, 0.15) is 17.4 Å². The Hall–Kier alpha value is -1.75. The number of rotatable bonds is 4. The van der Waals surface area contributed by atoms with Crippen LogP contribution in [0, 0.1) is 11.6 Å². The van der Waals surface area contributed by atoms with Crippen molar-refractivity contribution < 1.29 is 18.3 Å². The number of ether oxygens (including phenoxy) is 1. The Kier molecular flexibility index (Phi) is 4.27. The van der Waals surface area contributed by atoms with Crippen molar-refractivity contribution in [3.63, 3.8) is 0 Å². The molecule has 5 heteroatoms. The van der Waals surface area contributed by atoms with E-state index in [1.54, 1.807) is 30.3 Å². The fraction of sp³-hybridized carbons (Fsp3) is 0.0714. The largest absolute Gasteiger partial charge is 0.485 e. The molecule has 2 rings (SSSR count). The van der Waals surface area contributed by atoms with Crippen LogP contribution in [0.25, 0.3) is 0 Å². The van der Waals surface area contributed by atoms with Gasteiger partial charge in [-0.05, 0) is 24.3 Å². The number of para-hydroxylation sites is 1. The Balaban J connectivity index is 2.13. The normalized spacial score (nSPS) is 10.3. The predicted octanol–water partition coefficient (Wildman–Crippen LogP) is 3.99. The summed E-state index contributed by atoms with van der Waals surface area (Å²) in [7, 11) is 0. The first kappa shape index (κ1) is 13.7. The number of benzene rings is 2. The highest BCUT2D eigenvalue weighted by Gasteiger charge is 2.18. The Morgan fingerprint density at radius 3 is 2.26 bits per heavy atom. The number of carbonyl (C=O) groups is 1. The van der Waals surface area contributed by atoms with E-state index >= 15 is 0 Å². The molecule has 0 atom stereocenters. The standard InChI is InChI=1S/C14H9BrF2O2/c15-9-6-11(16)14(12(17)7-9)13(18)8-19-10-4-2-1-3-5-10/h1-7H,8H2. The minimum absolute atomic E-state index is 0.239. The summed E-state index contributed by atoms with van der Waals surface area (Å²) < 4.78 is 32.5. The van der Waals surface area contributed by atoms with Crippen LogP contribution in [-0.4, -0.2) is 12.4 Å². The van der Waals surface area contributed by atoms with Crippen LogP contribution in [0.2, 0.25) is 0 Å². The molecule has 0 amide bonds. The molecule has 2 aromatic carbocycles. The Labute approximate surface area is 117 Å². The molecule has 0 N–H and O–H groups in total. The molecule has 98 valence electrons. The van der Waals surface area contributed by atoms with E-state index in [1.807, 2.05) is 0 Å². The topological polar surface area (TPSA) is 26.3 Å². The molecule has 0 fully saturated rings. The van der Waals surface area contributed by atoms with Crippen LogP contribution in [0.1, 0.15) is 10.4 Å². The molecule has 0 spiro atoms. The summed E-state index contributed by atoms with van der Waals surface area (Å²) in [6.45, 7) is -0.417. The van der Waals surface area contributed by atoms with E-state index in [1.165, 1.54) is 0 Å². The average Bonchev–Trinajstić information content (AvgIpc) is 2.36. The second-order valence-electron chi connectivity index (χ2n) is 3.77. The first-order valence-corrected chi connectivity index (χ1v) is 6.23.